The van der Waals surface area contributed by atoms with Crippen LogP contribution in [0.2, 0.25) is 0 Å². The summed E-state index contributed by atoms with van der Waals surface area (Å²) in [5, 5.41) is 2.72. The number of aryl methyl sites for hydroxylation is 1. The van der Waals surface area contributed by atoms with Gasteiger partial charge >= 0.3 is 21.7 Å². The summed E-state index contributed by atoms with van der Waals surface area (Å²) in [4.78, 5) is 0. The zero-order valence-electron chi connectivity index (χ0n) is 13.7. The molecule has 0 fully saturated rings. The number of nitrogens with one attached hydrogen (secondary N) is 1. The van der Waals surface area contributed by atoms with Crippen LogP contribution in [0.3, 0.4) is 0 Å². The number of hydrogen-bond acceptors (Lipinski definition) is 0. The van der Waals surface area contributed by atoms with Gasteiger partial charge in [0.1, 0.15) is 0 Å². The van der Waals surface area contributed by atoms with E-state index in [1.54, 1.807) is 0 Å². The predicted molar refractivity (Wildman–Crippen MR) is 86.9 cm³/mol. The molecule has 0 heterocycles. The van der Waals surface area contributed by atoms with Crippen molar-refractivity contribution in [3.8, 4) is 0 Å². The van der Waals surface area contributed by atoms with Crippen molar-refractivity contribution in [3.05, 3.63) is 62.5 Å². The van der Waals surface area contributed by atoms with Crippen LogP contribution in [0.4, 0.5) is 0 Å². The second-order valence-electron chi connectivity index (χ2n) is 4.85. The van der Waals surface area contributed by atoms with E-state index in [-0.39, 0.29) is 77.9 Å². The van der Waals surface area contributed by atoms with Gasteiger partial charge in [0.15, 0.2) is 0 Å². The number of fused-ring (bicyclic) bond motifs is 1. The van der Waals surface area contributed by atoms with Crippen LogP contribution in [0, 0.1) is 21.8 Å². The van der Waals surface area contributed by atoms with Crippen molar-refractivity contribution in [2.24, 2.45) is 0 Å². The molecule has 0 aliphatic carbocycles. The molecule has 0 unspecified atom stereocenters. The molecule has 0 saturated heterocycles. The Bertz CT molecular complexity index is 433. The van der Waals surface area contributed by atoms with Gasteiger partial charge < -0.3 is 45.4 Å². The molecule has 0 aromatic heterocycles. The van der Waals surface area contributed by atoms with Crippen LogP contribution in [0.25, 0.3) is 16.5 Å². The molecule has 1 nitrogen and oxygen atoms in total. The van der Waals surface area contributed by atoms with Crippen molar-refractivity contribution < 1.29 is 46.5 Å². The minimum Gasteiger partial charge on any atom is -1.00 e. The molecular formula is C16H25Cl2NSiTi-4. The first kappa shape index (κ1) is 37.5. The van der Waals surface area contributed by atoms with E-state index in [1.165, 1.54) is 16.3 Å². The molecule has 5 heteroatoms. The van der Waals surface area contributed by atoms with Crippen LogP contribution in [0.15, 0.2) is 36.4 Å². The first-order valence-electron chi connectivity index (χ1n) is 5.24. The molecule has 1 N–H and O–H groups in total. The van der Waals surface area contributed by atoms with Gasteiger partial charge in [0.25, 0.3) is 0 Å². The van der Waals surface area contributed by atoms with E-state index in [9.17, 15) is 0 Å². The first-order valence-corrected chi connectivity index (χ1v) is 5.24. The molecule has 2 aromatic carbocycles. The summed E-state index contributed by atoms with van der Waals surface area (Å²) in [6, 6.07) is 12.8. The third-order valence-electron chi connectivity index (χ3n) is 1.90. The molecule has 0 bridgehead atoms. The molecule has 0 atom stereocenters. The molecular weight excluding hydrogens is 353 g/mol. The van der Waals surface area contributed by atoms with Crippen molar-refractivity contribution >= 4 is 21.7 Å². The fourth-order valence-corrected chi connectivity index (χ4v) is 1.31. The largest absolute Gasteiger partial charge is 2.00 e. The van der Waals surface area contributed by atoms with E-state index >= 15 is 0 Å². The normalized spacial score (nSPS) is 7.86. The zero-order chi connectivity index (χ0) is 11.5. The fourth-order valence-electron chi connectivity index (χ4n) is 1.31. The Labute approximate surface area is 163 Å². The summed E-state index contributed by atoms with van der Waals surface area (Å²) in [5.74, 6) is 0. The summed E-state index contributed by atoms with van der Waals surface area (Å²) in [6.07, 6.45) is 0. The summed E-state index contributed by atoms with van der Waals surface area (Å²) in [6.45, 7) is 7.70. The van der Waals surface area contributed by atoms with Gasteiger partial charge in [0.2, 0.25) is 0 Å². The topological polar surface area (TPSA) is 23.8 Å². The average Bonchev–Trinajstić information content (AvgIpc) is 2.46. The maximum Gasteiger partial charge on any atom is 2.00 e. The van der Waals surface area contributed by atoms with Crippen molar-refractivity contribution in [2.75, 3.05) is 0 Å². The minimum absolute atomic E-state index is 0. The Morgan fingerprint density at radius 3 is 1.76 bits per heavy atom. The van der Waals surface area contributed by atoms with Crippen LogP contribution in [-0.2, 0) is 21.7 Å². The van der Waals surface area contributed by atoms with Gasteiger partial charge in [-0.15, -0.1) is 40.6 Å². The zero-order valence-corrected chi connectivity index (χ0v) is 17.8. The third-order valence-corrected chi connectivity index (χ3v) is 1.90. The first-order chi connectivity index (χ1) is 6.88. The Kier molecular flexibility index (Phi) is 29.8. The van der Waals surface area contributed by atoms with Gasteiger partial charge in [0, 0.05) is 11.0 Å². The molecule has 0 aliphatic rings. The molecule has 0 amide bonds. The smallest absolute Gasteiger partial charge is 1.00 e. The van der Waals surface area contributed by atoms with Gasteiger partial charge in [-0.1, -0.05) is 33.8 Å². The van der Waals surface area contributed by atoms with Gasteiger partial charge in [-0.25, -0.2) is 0 Å². The fraction of sp³-hybridized carbons (Fsp3) is 0.312. The van der Waals surface area contributed by atoms with Gasteiger partial charge in [0.05, 0.1) is 0 Å². The molecule has 21 heavy (non-hydrogen) atoms. The molecule has 0 aliphatic heterocycles. The van der Waals surface area contributed by atoms with E-state index in [0.29, 0.717) is 0 Å². The van der Waals surface area contributed by atoms with E-state index in [2.05, 4.69) is 43.3 Å². The van der Waals surface area contributed by atoms with Crippen LogP contribution in [0.1, 0.15) is 26.3 Å². The van der Waals surface area contributed by atoms with E-state index in [4.69, 9.17) is 5.73 Å². The number of benzene rings is 1. The summed E-state index contributed by atoms with van der Waals surface area (Å²) < 4.78 is 0. The molecule has 120 valence electrons. The third kappa shape index (κ3) is 16.5. The maximum atomic E-state index is 6.94. The van der Waals surface area contributed by atoms with Crippen molar-refractivity contribution in [2.45, 2.75) is 33.2 Å². The van der Waals surface area contributed by atoms with Gasteiger partial charge in [-0.05, 0) is 0 Å². The van der Waals surface area contributed by atoms with Crippen LogP contribution >= 0.6 is 0 Å². The molecule has 0 saturated carbocycles. The SMILES string of the molecule is CC(C)(C)[NH-].Cc1c[cH-]c2ccccc12.[CH3-].[CH3-].[Cl-].[Cl-].[Si].[Ti+2]. The average molecular weight is 378 g/mol. The van der Waals surface area contributed by atoms with E-state index in [1.807, 2.05) is 20.8 Å². The van der Waals surface area contributed by atoms with Crippen molar-refractivity contribution in [1.82, 2.24) is 0 Å². The number of hydrogen-bond donors (Lipinski definition) is 0. The predicted octanol–water partition coefficient (Wildman–Crippen LogP) is -0.770. The Hall–Kier alpha value is 0.301. The number of rotatable bonds is 0. The summed E-state index contributed by atoms with van der Waals surface area (Å²) in [5.41, 5.74) is 8.06. The molecule has 4 radical (unpaired) electrons. The Morgan fingerprint density at radius 1 is 1.00 bits per heavy atom. The second-order valence-corrected chi connectivity index (χ2v) is 4.85. The van der Waals surface area contributed by atoms with Gasteiger partial charge in [-0.3, -0.25) is 0 Å². The Balaban J connectivity index is -0.0000000469. The standard InChI is InChI=1S/C10H9.C4H10N.2CH3.2ClH.Si.Ti/c1-8-6-7-9-4-2-3-5-10(8)9;1-4(2,3)5;;;;;;/h2-7H,1H3;5H,1-3H3;2*1H3;2*1H;;/q4*-1;;;;+2/p-2. The van der Waals surface area contributed by atoms with Crippen molar-refractivity contribution in [3.63, 3.8) is 0 Å². The summed E-state index contributed by atoms with van der Waals surface area (Å²) in [7, 11) is 0. The van der Waals surface area contributed by atoms with Crippen molar-refractivity contribution in [1.29, 1.82) is 0 Å². The Morgan fingerprint density at radius 2 is 1.38 bits per heavy atom. The van der Waals surface area contributed by atoms with Gasteiger partial charge in [-0.2, -0.15) is 11.6 Å². The van der Waals surface area contributed by atoms with E-state index < -0.39 is 0 Å². The summed E-state index contributed by atoms with van der Waals surface area (Å²) >= 11 is 0. The number of halogens is 2. The van der Waals surface area contributed by atoms with E-state index in [0.717, 1.165) is 0 Å². The van der Waals surface area contributed by atoms with Crippen LogP contribution in [0.5, 0.6) is 0 Å². The molecule has 2 rings (SSSR count). The van der Waals surface area contributed by atoms with Crippen LogP contribution in [-0.4, -0.2) is 16.5 Å². The van der Waals surface area contributed by atoms with Crippen LogP contribution < -0.4 is 24.8 Å². The molecule has 2 aromatic rings. The minimum atomic E-state index is -0.250. The monoisotopic (exact) mass is 377 g/mol. The molecule has 0 spiro atoms. The quantitative estimate of drug-likeness (QED) is 0.425. The maximum absolute atomic E-state index is 6.94. The second kappa shape index (κ2) is 16.7.